The molecule has 0 atom stereocenters. The van der Waals surface area contributed by atoms with Crippen LogP contribution in [-0.2, 0) is 4.74 Å². The maximum Gasteiger partial charge on any atom is 0.108 e. The molecule has 0 aromatic heterocycles. The Morgan fingerprint density at radius 3 is 1.80 bits per heavy atom. The minimum absolute atomic E-state index is 0. The zero-order chi connectivity index (χ0) is 22.2. The first-order valence-corrected chi connectivity index (χ1v) is 5.81. The van der Waals surface area contributed by atoms with E-state index in [1.807, 2.05) is 0 Å². The summed E-state index contributed by atoms with van der Waals surface area (Å²) in [6, 6.07) is -5.70. The van der Waals surface area contributed by atoms with Gasteiger partial charge in [-0.1, -0.05) is 60.4 Å². The van der Waals surface area contributed by atoms with Crippen molar-refractivity contribution in [3.05, 3.63) is 71.6 Å². The highest BCUT2D eigenvalue weighted by atomic mass is 35.5. The molecule has 0 amide bonds. The van der Waals surface area contributed by atoms with Gasteiger partial charge in [-0.3, -0.25) is 0 Å². The van der Waals surface area contributed by atoms with Gasteiger partial charge in [0.1, 0.15) is 6.10 Å². The van der Waals surface area contributed by atoms with Crippen LogP contribution in [0.1, 0.15) is 30.9 Å². The van der Waals surface area contributed by atoms with Crippen molar-refractivity contribution in [1.82, 2.24) is 4.90 Å². The first-order valence-electron chi connectivity index (χ1n) is 10.8. The van der Waals surface area contributed by atoms with Crippen LogP contribution in [0, 0.1) is 0 Å². The minimum atomic E-state index is -1.43. The van der Waals surface area contributed by atoms with E-state index in [0.717, 1.165) is 0 Å². The number of hydrogen-bond acceptors (Lipinski definition) is 2. The van der Waals surface area contributed by atoms with Gasteiger partial charge in [-0.2, -0.15) is 0 Å². The standard InChI is InChI=1S/C17H21NO.ClH/c1-18(2)13-14-19-17(15-9-5-3-6-10-15)16-11-7-4-8-12-16;/h3-12,17H,13-14H2,1-2H3;1H/i3D,4D,5D,6D,7D,8D,9D,10D,11D,12D;. The van der Waals surface area contributed by atoms with Crippen molar-refractivity contribution in [1.29, 1.82) is 0 Å². The van der Waals surface area contributed by atoms with Crippen molar-refractivity contribution in [2.24, 2.45) is 0 Å². The molecule has 0 radical (unpaired) electrons. The maximum absolute atomic E-state index is 8.21. The highest BCUT2D eigenvalue weighted by Crippen LogP contribution is 2.25. The van der Waals surface area contributed by atoms with Crippen molar-refractivity contribution in [3.8, 4) is 0 Å². The highest BCUT2D eigenvalue weighted by Gasteiger charge is 2.13. The summed E-state index contributed by atoms with van der Waals surface area (Å²) in [5.74, 6) is 0. The lowest BCUT2D eigenvalue weighted by atomic mass is 10.0. The highest BCUT2D eigenvalue weighted by molar-refractivity contribution is 5.85. The zero-order valence-corrected chi connectivity index (χ0v) is 12.1. The summed E-state index contributed by atoms with van der Waals surface area (Å²) in [6.07, 6.45) is -1.43. The third-order valence-corrected chi connectivity index (χ3v) is 2.39. The van der Waals surface area contributed by atoms with E-state index in [9.17, 15) is 0 Å². The largest absolute Gasteiger partial charge is 0.367 e. The van der Waals surface area contributed by atoms with Crippen LogP contribution in [-0.4, -0.2) is 32.1 Å². The number of rotatable bonds is 6. The van der Waals surface area contributed by atoms with E-state index in [4.69, 9.17) is 18.4 Å². The Hall–Kier alpha value is -1.35. The van der Waals surface area contributed by atoms with E-state index in [0.29, 0.717) is 6.54 Å². The molecule has 2 rings (SSSR count). The predicted octanol–water partition coefficient (Wildman–Crippen LogP) is 3.78. The molecule has 0 heterocycles. The van der Waals surface area contributed by atoms with Crippen LogP contribution in [0.4, 0.5) is 0 Å². The molecule has 20 heavy (non-hydrogen) atoms. The monoisotopic (exact) mass is 301 g/mol. The first kappa shape index (κ1) is 7.08. The average molecular weight is 302 g/mol. The Labute approximate surface area is 141 Å². The number of ether oxygens (including phenoxy) is 1. The molecule has 0 fully saturated rings. The molecular formula is C17H22ClNO. The van der Waals surface area contributed by atoms with Gasteiger partial charge < -0.3 is 9.64 Å². The summed E-state index contributed by atoms with van der Waals surface area (Å²) in [6.45, 7) is 0.454. The van der Waals surface area contributed by atoms with Gasteiger partial charge in [-0.25, -0.2) is 0 Å². The average Bonchev–Trinajstić information content (AvgIpc) is 2.67. The SMILES string of the molecule is Cl.[2H]c1c([2H])c([2H])c(C(OCCN(C)C)c2c([2H])c([2H])c([2H])c([2H])c2[2H])c([2H])c1[2H]. The van der Waals surface area contributed by atoms with E-state index in [1.54, 1.807) is 19.0 Å². The van der Waals surface area contributed by atoms with Gasteiger partial charge in [0, 0.05) is 6.54 Å². The van der Waals surface area contributed by atoms with Crippen molar-refractivity contribution in [2.45, 2.75) is 6.10 Å². The molecule has 3 heteroatoms. The number of nitrogens with zero attached hydrogens (tertiary/aromatic N) is 1. The van der Waals surface area contributed by atoms with Gasteiger partial charge in [-0.15, -0.1) is 12.4 Å². The summed E-state index contributed by atoms with van der Waals surface area (Å²) >= 11 is 0. The van der Waals surface area contributed by atoms with Crippen LogP contribution >= 0.6 is 12.4 Å². The molecule has 108 valence electrons. The molecule has 0 aliphatic rings. The molecule has 0 N–H and O–H groups in total. The Morgan fingerprint density at radius 1 is 0.950 bits per heavy atom. The third kappa shape index (κ3) is 4.97. The molecule has 2 aromatic carbocycles. The van der Waals surface area contributed by atoms with Gasteiger partial charge in [-0.05, 0) is 25.2 Å². The molecule has 0 unspecified atom stereocenters. The van der Waals surface area contributed by atoms with Gasteiger partial charge in [0.05, 0.1) is 20.3 Å². The fraction of sp³-hybridized carbons (Fsp3) is 0.294. The van der Waals surface area contributed by atoms with E-state index in [1.165, 1.54) is 0 Å². The molecule has 0 saturated carbocycles. The fourth-order valence-electron chi connectivity index (χ4n) is 1.45. The third-order valence-electron chi connectivity index (χ3n) is 2.39. The molecule has 0 spiro atoms. The summed E-state index contributed by atoms with van der Waals surface area (Å²) in [5.41, 5.74) is -0.540. The van der Waals surface area contributed by atoms with Crippen molar-refractivity contribution < 1.29 is 18.4 Å². The maximum atomic E-state index is 8.21. The lowest BCUT2D eigenvalue weighted by Crippen LogP contribution is -2.20. The fourth-order valence-corrected chi connectivity index (χ4v) is 1.45. The van der Waals surface area contributed by atoms with E-state index < -0.39 is 66.5 Å². The van der Waals surface area contributed by atoms with Crippen molar-refractivity contribution in [3.63, 3.8) is 0 Å². The second kappa shape index (κ2) is 8.75. The molecule has 0 aliphatic carbocycles. The van der Waals surface area contributed by atoms with E-state index in [-0.39, 0.29) is 30.1 Å². The second-order valence-electron chi connectivity index (χ2n) is 4.13. The molecule has 0 bridgehead atoms. The van der Waals surface area contributed by atoms with Crippen LogP contribution in [0.25, 0.3) is 0 Å². The molecule has 2 aromatic rings. The van der Waals surface area contributed by atoms with Crippen LogP contribution in [0.2, 0.25) is 0 Å². The second-order valence-corrected chi connectivity index (χ2v) is 4.13. The van der Waals surface area contributed by atoms with Crippen LogP contribution in [0.15, 0.2) is 60.4 Å². The number of likely N-dealkylation sites (N-methyl/N-ethyl adjacent to an activating group) is 1. The van der Waals surface area contributed by atoms with Crippen LogP contribution in [0.3, 0.4) is 0 Å². The smallest absolute Gasteiger partial charge is 0.108 e. The minimum Gasteiger partial charge on any atom is -0.367 e. The van der Waals surface area contributed by atoms with E-state index >= 15 is 0 Å². The predicted molar refractivity (Wildman–Crippen MR) is 86.5 cm³/mol. The van der Waals surface area contributed by atoms with Gasteiger partial charge in [0.2, 0.25) is 0 Å². The van der Waals surface area contributed by atoms with E-state index in [2.05, 4.69) is 0 Å². The van der Waals surface area contributed by atoms with Gasteiger partial charge >= 0.3 is 0 Å². The molecular weight excluding hydrogens is 270 g/mol. The van der Waals surface area contributed by atoms with Crippen molar-refractivity contribution >= 4 is 12.4 Å². The Balaban J connectivity index is 0.00000450. The van der Waals surface area contributed by atoms with Crippen LogP contribution < -0.4 is 0 Å². The lowest BCUT2D eigenvalue weighted by Gasteiger charge is -2.20. The molecule has 2 nitrogen and oxygen atoms in total. The van der Waals surface area contributed by atoms with Crippen LogP contribution in [0.5, 0.6) is 0 Å². The first-order chi connectivity index (χ1) is 13.4. The Kier molecular flexibility index (Phi) is 3.10. The summed E-state index contributed by atoms with van der Waals surface area (Å²) in [4.78, 5) is 1.79. The van der Waals surface area contributed by atoms with Gasteiger partial charge in [0.25, 0.3) is 0 Å². The lowest BCUT2D eigenvalue weighted by molar-refractivity contribution is 0.0687. The summed E-state index contributed by atoms with van der Waals surface area (Å²) in [7, 11) is 3.57. The number of hydrogen-bond donors (Lipinski definition) is 0. The topological polar surface area (TPSA) is 12.5 Å². The summed E-state index contributed by atoms with van der Waals surface area (Å²) in [5, 5.41) is 0. The number of halogens is 1. The zero-order valence-electron chi connectivity index (χ0n) is 21.3. The van der Waals surface area contributed by atoms with Gasteiger partial charge in [0.15, 0.2) is 0 Å². The quantitative estimate of drug-likeness (QED) is 0.805. The Bertz CT molecular complexity index is 826. The Morgan fingerprint density at radius 2 is 1.40 bits per heavy atom. The summed E-state index contributed by atoms with van der Waals surface area (Å²) < 4.78 is 85.7. The molecule has 0 saturated heterocycles. The van der Waals surface area contributed by atoms with Crippen molar-refractivity contribution in [2.75, 3.05) is 27.2 Å². The normalized spacial score (nSPS) is 17.6. The molecule has 0 aliphatic heterocycles. The number of benzene rings is 2.